The first-order valence-electron chi connectivity index (χ1n) is 8.45. The molecular weight excluding hydrogens is 318 g/mol. The van der Waals surface area contributed by atoms with Gasteiger partial charge in [0.05, 0.1) is 12.0 Å². The van der Waals surface area contributed by atoms with E-state index in [-0.39, 0.29) is 10.6 Å². The Morgan fingerprint density at radius 3 is 2.08 bits per heavy atom. The molecule has 0 radical (unpaired) electrons. The van der Waals surface area contributed by atoms with E-state index in [0.29, 0.717) is 0 Å². The van der Waals surface area contributed by atoms with Gasteiger partial charge in [0.25, 0.3) is 5.69 Å². The molecule has 0 aliphatic carbocycles. The van der Waals surface area contributed by atoms with E-state index in [4.69, 9.17) is 4.74 Å². The van der Waals surface area contributed by atoms with Crippen molar-refractivity contribution in [1.82, 2.24) is 9.80 Å². The molecule has 0 atom stereocenters. The molecule has 25 heavy (non-hydrogen) atoms. The molecule has 0 spiro atoms. The number of nitro groups is 1. The van der Waals surface area contributed by atoms with E-state index in [9.17, 15) is 10.1 Å². The van der Waals surface area contributed by atoms with Crippen LogP contribution >= 0.6 is 0 Å². The number of hydrogen-bond acceptors (Lipinski definition) is 5. The van der Waals surface area contributed by atoms with Crippen molar-refractivity contribution in [1.29, 1.82) is 0 Å². The van der Waals surface area contributed by atoms with Crippen molar-refractivity contribution in [2.75, 3.05) is 33.3 Å². The van der Waals surface area contributed by atoms with Gasteiger partial charge in [-0.25, -0.2) is 0 Å². The number of rotatable bonds is 6. The molecule has 0 bridgehead atoms. The Kier molecular flexibility index (Phi) is 5.63. The largest absolute Gasteiger partial charge is 0.497 e. The highest BCUT2D eigenvalue weighted by molar-refractivity contribution is 5.34. The van der Waals surface area contributed by atoms with Crippen molar-refractivity contribution < 1.29 is 9.66 Å². The van der Waals surface area contributed by atoms with Crippen molar-refractivity contribution in [2.24, 2.45) is 0 Å². The summed E-state index contributed by atoms with van der Waals surface area (Å²) in [6.45, 7) is 5.59. The van der Waals surface area contributed by atoms with Gasteiger partial charge in [0, 0.05) is 51.4 Å². The van der Waals surface area contributed by atoms with Gasteiger partial charge in [0.15, 0.2) is 0 Å². The van der Waals surface area contributed by atoms with Crippen LogP contribution in [0.5, 0.6) is 5.75 Å². The van der Waals surface area contributed by atoms with Gasteiger partial charge in [-0.1, -0.05) is 24.3 Å². The Hall–Kier alpha value is -2.44. The molecule has 0 unspecified atom stereocenters. The molecule has 1 aliphatic rings. The summed E-state index contributed by atoms with van der Waals surface area (Å²) < 4.78 is 5.28. The predicted molar refractivity (Wildman–Crippen MR) is 96.6 cm³/mol. The Morgan fingerprint density at radius 1 is 0.960 bits per heavy atom. The van der Waals surface area contributed by atoms with E-state index in [1.165, 1.54) is 11.6 Å². The number of piperazine rings is 1. The van der Waals surface area contributed by atoms with Crippen LogP contribution in [0.1, 0.15) is 11.1 Å². The fourth-order valence-electron chi connectivity index (χ4n) is 3.16. The van der Waals surface area contributed by atoms with E-state index >= 15 is 0 Å². The van der Waals surface area contributed by atoms with E-state index in [0.717, 1.165) is 50.6 Å². The molecule has 2 aromatic rings. The second kappa shape index (κ2) is 8.09. The molecule has 0 N–H and O–H groups in total. The maximum absolute atomic E-state index is 10.9. The van der Waals surface area contributed by atoms with Crippen molar-refractivity contribution in [3.05, 3.63) is 69.8 Å². The van der Waals surface area contributed by atoms with Crippen LogP contribution in [0.15, 0.2) is 48.5 Å². The highest BCUT2D eigenvalue weighted by Gasteiger charge is 2.18. The van der Waals surface area contributed by atoms with E-state index in [1.54, 1.807) is 19.2 Å². The fraction of sp³-hybridized carbons (Fsp3) is 0.368. The van der Waals surface area contributed by atoms with Crippen LogP contribution in [0, 0.1) is 10.1 Å². The van der Waals surface area contributed by atoms with Gasteiger partial charge in [0.1, 0.15) is 5.75 Å². The lowest BCUT2D eigenvalue weighted by atomic mass is 10.1. The number of nitro benzene ring substituents is 1. The van der Waals surface area contributed by atoms with Gasteiger partial charge in [-0.2, -0.15) is 0 Å². The molecule has 1 saturated heterocycles. The number of hydrogen-bond donors (Lipinski definition) is 0. The van der Waals surface area contributed by atoms with Crippen LogP contribution in [0.2, 0.25) is 0 Å². The predicted octanol–water partition coefficient (Wildman–Crippen LogP) is 2.92. The molecule has 0 saturated carbocycles. The maximum atomic E-state index is 10.9. The zero-order valence-corrected chi connectivity index (χ0v) is 14.4. The first kappa shape index (κ1) is 17.4. The van der Waals surface area contributed by atoms with Gasteiger partial charge in [-0.3, -0.25) is 19.9 Å². The van der Waals surface area contributed by atoms with Crippen LogP contribution in [0.4, 0.5) is 5.69 Å². The fourth-order valence-corrected chi connectivity index (χ4v) is 3.16. The lowest BCUT2D eigenvalue weighted by Crippen LogP contribution is -2.45. The summed E-state index contributed by atoms with van der Waals surface area (Å²) in [4.78, 5) is 15.3. The molecule has 6 nitrogen and oxygen atoms in total. The summed E-state index contributed by atoms with van der Waals surface area (Å²) in [6, 6.07) is 15.1. The molecule has 3 rings (SSSR count). The minimum absolute atomic E-state index is 0.161. The maximum Gasteiger partial charge on any atom is 0.269 e. The number of methoxy groups -OCH3 is 1. The van der Waals surface area contributed by atoms with Crippen LogP contribution < -0.4 is 4.74 Å². The highest BCUT2D eigenvalue weighted by Crippen LogP contribution is 2.18. The van der Waals surface area contributed by atoms with Crippen molar-refractivity contribution >= 4 is 5.69 Å². The Morgan fingerprint density at radius 2 is 1.52 bits per heavy atom. The second-order valence-corrected chi connectivity index (χ2v) is 6.33. The van der Waals surface area contributed by atoms with E-state index in [1.807, 2.05) is 18.2 Å². The number of nitrogens with zero attached hydrogens (tertiary/aromatic N) is 3. The van der Waals surface area contributed by atoms with Crippen LogP contribution in [-0.4, -0.2) is 48.0 Å². The van der Waals surface area contributed by atoms with Crippen LogP contribution in [0.3, 0.4) is 0 Å². The van der Waals surface area contributed by atoms with Crippen molar-refractivity contribution in [3.8, 4) is 5.75 Å². The second-order valence-electron chi connectivity index (χ2n) is 6.33. The molecule has 132 valence electrons. The third-order valence-electron chi connectivity index (χ3n) is 4.53. The first-order valence-corrected chi connectivity index (χ1v) is 8.45. The Labute approximate surface area is 147 Å². The summed E-state index contributed by atoms with van der Waals surface area (Å²) >= 11 is 0. The molecule has 1 fully saturated rings. The quantitative estimate of drug-likeness (QED) is 0.597. The van der Waals surface area contributed by atoms with Gasteiger partial charge in [-0.15, -0.1) is 0 Å². The average Bonchev–Trinajstić information content (AvgIpc) is 2.64. The summed E-state index contributed by atoms with van der Waals surface area (Å²) in [5.41, 5.74) is 2.41. The molecule has 0 aromatic heterocycles. The third-order valence-corrected chi connectivity index (χ3v) is 4.53. The standard InChI is InChI=1S/C19H23N3O3/c1-25-19-7-3-5-17(13-19)15-21-10-8-20(9-11-21)14-16-4-2-6-18(12-16)22(23)24/h2-7,12-13H,8-11,14-15H2,1H3. The number of benzene rings is 2. The average molecular weight is 341 g/mol. The van der Waals surface area contributed by atoms with Crippen molar-refractivity contribution in [2.45, 2.75) is 13.1 Å². The number of non-ortho nitro benzene ring substituents is 1. The molecular formula is C19H23N3O3. The first-order chi connectivity index (χ1) is 12.1. The molecule has 0 amide bonds. The number of ether oxygens (including phenoxy) is 1. The minimum Gasteiger partial charge on any atom is -0.497 e. The van der Waals surface area contributed by atoms with E-state index in [2.05, 4.69) is 21.9 Å². The molecule has 6 heteroatoms. The van der Waals surface area contributed by atoms with Crippen molar-refractivity contribution in [3.63, 3.8) is 0 Å². The normalized spacial score (nSPS) is 15.9. The van der Waals surface area contributed by atoms with Gasteiger partial charge < -0.3 is 4.74 Å². The monoisotopic (exact) mass is 341 g/mol. The summed E-state index contributed by atoms with van der Waals surface area (Å²) in [7, 11) is 1.69. The van der Waals surface area contributed by atoms with Crippen LogP contribution in [-0.2, 0) is 13.1 Å². The third kappa shape index (κ3) is 4.78. The molecule has 1 aliphatic heterocycles. The van der Waals surface area contributed by atoms with Gasteiger partial charge >= 0.3 is 0 Å². The molecule has 2 aromatic carbocycles. The highest BCUT2D eigenvalue weighted by atomic mass is 16.6. The minimum atomic E-state index is -0.338. The Balaban J connectivity index is 1.51. The zero-order chi connectivity index (χ0) is 17.6. The lowest BCUT2D eigenvalue weighted by Gasteiger charge is -2.34. The van der Waals surface area contributed by atoms with Gasteiger partial charge in [0.2, 0.25) is 0 Å². The van der Waals surface area contributed by atoms with E-state index < -0.39 is 0 Å². The van der Waals surface area contributed by atoms with Gasteiger partial charge in [-0.05, 0) is 23.3 Å². The summed E-state index contributed by atoms with van der Waals surface area (Å²) in [6.07, 6.45) is 0. The Bertz CT molecular complexity index is 727. The summed E-state index contributed by atoms with van der Waals surface area (Å²) in [5, 5.41) is 10.9. The van der Waals surface area contributed by atoms with Crippen LogP contribution in [0.25, 0.3) is 0 Å². The lowest BCUT2D eigenvalue weighted by molar-refractivity contribution is -0.384. The zero-order valence-electron chi connectivity index (χ0n) is 14.4. The smallest absolute Gasteiger partial charge is 0.269 e. The molecule has 1 heterocycles. The topological polar surface area (TPSA) is 58.8 Å². The summed E-state index contributed by atoms with van der Waals surface area (Å²) in [5.74, 6) is 0.891. The SMILES string of the molecule is COc1cccc(CN2CCN(Cc3cccc([N+](=O)[O-])c3)CC2)c1.